The number of fused-ring (bicyclic) bond motifs is 1. The van der Waals surface area contributed by atoms with E-state index in [1.54, 1.807) is 0 Å². The van der Waals surface area contributed by atoms with Crippen molar-refractivity contribution < 1.29 is 0 Å². The van der Waals surface area contributed by atoms with Gasteiger partial charge in [-0.05, 0) is 61.5 Å². The fraction of sp³-hybridized carbons (Fsp3) is 0.533. The summed E-state index contributed by atoms with van der Waals surface area (Å²) < 4.78 is 3.17. The minimum absolute atomic E-state index is 0.535. The Morgan fingerprint density at radius 2 is 2.17 bits per heavy atom. The molecule has 0 unspecified atom stereocenters. The Kier molecular flexibility index (Phi) is 2.81. The third-order valence-corrected chi connectivity index (χ3v) is 4.48. The first-order chi connectivity index (χ1) is 8.63. The first-order valence-electron chi connectivity index (χ1n) is 6.83. The van der Waals surface area contributed by atoms with E-state index < -0.39 is 0 Å². The van der Waals surface area contributed by atoms with Crippen LogP contribution in [-0.4, -0.2) is 9.55 Å². The maximum atomic E-state index is 5.48. The number of nitrogens with one attached hydrogen (secondary N) is 1. The fourth-order valence-electron chi connectivity index (χ4n) is 2.96. The van der Waals surface area contributed by atoms with E-state index in [-0.39, 0.29) is 0 Å². The summed E-state index contributed by atoms with van der Waals surface area (Å²) in [4.78, 5) is 3.34. The molecule has 1 saturated carbocycles. The second-order valence-corrected chi connectivity index (χ2v) is 6.17. The predicted octanol–water partition coefficient (Wildman–Crippen LogP) is 4.59. The number of imidazole rings is 1. The van der Waals surface area contributed by atoms with Crippen LogP contribution in [0.25, 0.3) is 11.0 Å². The molecule has 3 rings (SSSR count). The summed E-state index contributed by atoms with van der Waals surface area (Å²) in [6, 6.07) is 6.54. The van der Waals surface area contributed by atoms with Gasteiger partial charge < -0.3 is 9.55 Å². The van der Waals surface area contributed by atoms with Gasteiger partial charge in [0.15, 0.2) is 4.77 Å². The quantitative estimate of drug-likeness (QED) is 0.797. The third kappa shape index (κ3) is 2.01. The lowest BCUT2D eigenvalue weighted by Crippen LogP contribution is -2.11. The van der Waals surface area contributed by atoms with E-state index in [2.05, 4.69) is 41.6 Å². The monoisotopic (exact) mass is 260 g/mol. The summed E-state index contributed by atoms with van der Waals surface area (Å²) in [5, 5.41) is 0. The molecule has 96 valence electrons. The molecule has 0 radical (unpaired) electrons. The SMILES string of the molecule is CCCC1(Cn2c(=S)[nH]c3cc(C)ccc32)CC1. The van der Waals surface area contributed by atoms with Gasteiger partial charge in [0.2, 0.25) is 0 Å². The maximum absolute atomic E-state index is 5.48. The normalized spacial score (nSPS) is 17.2. The topological polar surface area (TPSA) is 20.7 Å². The summed E-state index contributed by atoms with van der Waals surface area (Å²) in [7, 11) is 0. The molecule has 0 saturated heterocycles. The molecule has 0 spiro atoms. The average Bonchev–Trinajstić information content (AvgIpc) is 3.00. The minimum atomic E-state index is 0.535. The van der Waals surface area contributed by atoms with Crippen LogP contribution >= 0.6 is 12.2 Å². The molecule has 1 aromatic carbocycles. The van der Waals surface area contributed by atoms with E-state index >= 15 is 0 Å². The van der Waals surface area contributed by atoms with Crippen molar-refractivity contribution in [2.24, 2.45) is 5.41 Å². The van der Waals surface area contributed by atoms with Gasteiger partial charge in [-0.2, -0.15) is 0 Å². The van der Waals surface area contributed by atoms with Gasteiger partial charge in [-0.1, -0.05) is 19.4 Å². The first kappa shape index (κ1) is 12.0. The van der Waals surface area contributed by atoms with Crippen molar-refractivity contribution >= 4 is 23.3 Å². The number of nitrogens with zero attached hydrogens (tertiary/aromatic N) is 1. The summed E-state index contributed by atoms with van der Waals surface area (Å²) >= 11 is 5.48. The van der Waals surface area contributed by atoms with E-state index in [0.717, 1.165) is 11.3 Å². The highest BCUT2D eigenvalue weighted by molar-refractivity contribution is 7.71. The van der Waals surface area contributed by atoms with Gasteiger partial charge in [0.25, 0.3) is 0 Å². The van der Waals surface area contributed by atoms with Crippen molar-refractivity contribution in [1.82, 2.24) is 9.55 Å². The van der Waals surface area contributed by atoms with E-state index in [9.17, 15) is 0 Å². The van der Waals surface area contributed by atoms with Crippen LogP contribution < -0.4 is 0 Å². The standard InChI is InChI=1S/C15H20N2S/c1-3-6-15(7-8-15)10-17-13-5-4-11(2)9-12(13)16-14(17)18/h4-5,9H,3,6-8,10H2,1-2H3,(H,16,18). The maximum Gasteiger partial charge on any atom is 0.178 e. The van der Waals surface area contributed by atoms with Crippen LogP contribution in [0.15, 0.2) is 18.2 Å². The van der Waals surface area contributed by atoms with Crippen LogP contribution in [0.1, 0.15) is 38.2 Å². The molecule has 1 fully saturated rings. The second kappa shape index (κ2) is 4.23. The van der Waals surface area contributed by atoms with Gasteiger partial charge in [-0.3, -0.25) is 0 Å². The van der Waals surface area contributed by atoms with Crippen molar-refractivity contribution in [2.45, 2.75) is 46.1 Å². The van der Waals surface area contributed by atoms with Crippen LogP contribution in [0.5, 0.6) is 0 Å². The lowest BCUT2D eigenvalue weighted by Gasteiger charge is -2.15. The Morgan fingerprint density at radius 1 is 1.39 bits per heavy atom. The molecule has 0 amide bonds. The molecular weight excluding hydrogens is 240 g/mol. The highest BCUT2D eigenvalue weighted by Crippen LogP contribution is 2.51. The van der Waals surface area contributed by atoms with Crippen molar-refractivity contribution in [3.8, 4) is 0 Å². The van der Waals surface area contributed by atoms with Crippen molar-refractivity contribution in [3.05, 3.63) is 28.5 Å². The number of hydrogen-bond acceptors (Lipinski definition) is 1. The van der Waals surface area contributed by atoms with Crippen molar-refractivity contribution in [1.29, 1.82) is 0 Å². The number of hydrogen-bond donors (Lipinski definition) is 1. The Balaban J connectivity index is 2.01. The Bertz CT molecular complexity index is 631. The average molecular weight is 260 g/mol. The fourth-order valence-corrected chi connectivity index (χ4v) is 3.24. The minimum Gasteiger partial charge on any atom is -0.331 e. The Labute approximate surface area is 113 Å². The molecule has 1 aliphatic carbocycles. The van der Waals surface area contributed by atoms with Crippen molar-refractivity contribution in [3.63, 3.8) is 0 Å². The van der Waals surface area contributed by atoms with E-state index in [0.29, 0.717) is 5.41 Å². The summed E-state index contributed by atoms with van der Waals surface area (Å²) in [5.41, 5.74) is 4.24. The largest absolute Gasteiger partial charge is 0.331 e. The molecule has 2 nitrogen and oxygen atoms in total. The van der Waals surface area contributed by atoms with E-state index in [1.165, 1.54) is 42.3 Å². The molecule has 1 aromatic heterocycles. The lowest BCUT2D eigenvalue weighted by atomic mass is 10.0. The summed E-state index contributed by atoms with van der Waals surface area (Å²) in [5.74, 6) is 0. The number of aromatic amines is 1. The van der Waals surface area contributed by atoms with Gasteiger partial charge in [0.1, 0.15) is 0 Å². The zero-order valence-electron chi connectivity index (χ0n) is 11.1. The highest BCUT2D eigenvalue weighted by atomic mass is 32.1. The molecule has 0 aliphatic heterocycles. The molecular formula is C15H20N2S. The lowest BCUT2D eigenvalue weighted by molar-refractivity contribution is 0.391. The Hall–Kier alpha value is -1.09. The third-order valence-electron chi connectivity index (χ3n) is 4.16. The van der Waals surface area contributed by atoms with Gasteiger partial charge in [0.05, 0.1) is 11.0 Å². The molecule has 0 atom stereocenters. The van der Waals surface area contributed by atoms with Crippen LogP contribution in [0.4, 0.5) is 0 Å². The zero-order valence-corrected chi connectivity index (χ0v) is 11.9. The first-order valence-corrected chi connectivity index (χ1v) is 7.24. The van der Waals surface area contributed by atoms with Crippen LogP contribution in [0.3, 0.4) is 0 Å². The molecule has 2 aromatic rings. The highest BCUT2D eigenvalue weighted by Gasteiger charge is 2.42. The molecule has 3 heteroatoms. The van der Waals surface area contributed by atoms with Crippen LogP contribution in [-0.2, 0) is 6.54 Å². The smallest absolute Gasteiger partial charge is 0.178 e. The van der Waals surface area contributed by atoms with Gasteiger partial charge in [-0.15, -0.1) is 0 Å². The molecule has 1 heterocycles. The van der Waals surface area contributed by atoms with E-state index in [1.807, 2.05) is 0 Å². The predicted molar refractivity (Wildman–Crippen MR) is 78.4 cm³/mol. The number of benzene rings is 1. The van der Waals surface area contributed by atoms with Crippen LogP contribution in [0.2, 0.25) is 0 Å². The van der Waals surface area contributed by atoms with Crippen LogP contribution in [0, 0.1) is 17.1 Å². The number of aryl methyl sites for hydroxylation is 1. The number of rotatable bonds is 4. The second-order valence-electron chi connectivity index (χ2n) is 5.79. The van der Waals surface area contributed by atoms with Gasteiger partial charge >= 0.3 is 0 Å². The molecule has 1 N–H and O–H groups in total. The van der Waals surface area contributed by atoms with Crippen molar-refractivity contribution in [2.75, 3.05) is 0 Å². The van der Waals surface area contributed by atoms with E-state index in [4.69, 9.17) is 12.2 Å². The molecule has 0 bridgehead atoms. The van der Waals surface area contributed by atoms with Gasteiger partial charge in [-0.25, -0.2) is 0 Å². The molecule has 1 aliphatic rings. The summed E-state index contributed by atoms with van der Waals surface area (Å²) in [6.07, 6.45) is 5.32. The zero-order chi connectivity index (χ0) is 12.8. The van der Waals surface area contributed by atoms with Gasteiger partial charge in [0, 0.05) is 6.54 Å². The molecule has 18 heavy (non-hydrogen) atoms. The Morgan fingerprint density at radius 3 is 2.83 bits per heavy atom. The summed E-state index contributed by atoms with van der Waals surface area (Å²) in [6.45, 7) is 5.48. The number of aromatic nitrogens is 2. The number of H-pyrrole nitrogens is 1.